The third-order valence-electron chi connectivity index (χ3n) is 2.60. The molecule has 1 N–H and O–H groups in total. The van der Waals surface area contributed by atoms with Crippen LogP contribution >= 0.6 is 0 Å². The number of carbonyl (C=O) groups excluding carboxylic acids is 1. The molecule has 0 radical (unpaired) electrons. The van der Waals surface area contributed by atoms with Gasteiger partial charge >= 0.3 is 11.9 Å². The molecule has 0 atom stereocenters. The molecule has 0 aliphatic carbocycles. The lowest BCUT2D eigenvalue weighted by atomic mass is 10.1. The number of hydrogen-bond donors (Lipinski definition) is 1. The maximum atomic E-state index is 11.2. The van der Waals surface area contributed by atoms with Gasteiger partial charge in [-0.15, -0.1) is 0 Å². The fraction of sp³-hybridized carbons (Fsp3) is 0.286. The highest BCUT2D eigenvalue weighted by atomic mass is 16.5. The summed E-state index contributed by atoms with van der Waals surface area (Å²) in [7, 11) is 4.17. The summed E-state index contributed by atoms with van der Waals surface area (Å²) in [6.45, 7) is 0. The summed E-state index contributed by atoms with van der Waals surface area (Å²) in [5.74, 6) is -0.757. The highest BCUT2D eigenvalue weighted by Crippen LogP contribution is 2.31. The van der Waals surface area contributed by atoms with Crippen LogP contribution in [0.5, 0.6) is 11.5 Å². The van der Waals surface area contributed by atoms with E-state index in [9.17, 15) is 14.7 Å². The third-order valence-corrected chi connectivity index (χ3v) is 2.60. The van der Waals surface area contributed by atoms with Crippen LogP contribution in [-0.4, -0.2) is 38.4 Å². The Morgan fingerprint density at radius 1 is 1.15 bits per heavy atom. The minimum Gasteiger partial charge on any atom is -0.493 e. The first kappa shape index (κ1) is 15.6. The van der Waals surface area contributed by atoms with Crippen LogP contribution in [0.25, 0.3) is 6.08 Å². The Balaban J connectivity index is 3.15. The van der Waals surface area contributed by atoms with Crippen molar-refractivity contribution in [1.82, 2.24) is 0 Å². The molecule has 6 heteroatoms. The molecule has 0 saturated heterocycles. The van der Waals surface area contributed by atoms with E-state index in [1.807, 2.05) is 0 Å². The van der Waals surface area contributed by atoms with Crippen molar-refractivity contribution in [3.05, 3.63) is 29.3 Å². The van der Waals surface area contributed by atoms with Gasteiger partial charge in [0.1, 0.15) is 0 Å². The van der Waals surface area contributed by atoms with Crippen LogP contribution in [0.15, 0.2) is 18.2 Å². The highest BCUT2D eigenvalue weighted by molar-refractivity contribution is 5.93. The van der Waals surface area contributed by atoms with E-state index >= 15 is 0 Å². The van der Waals surface area contributed by atoms with Crippen molar-refractivity contribution in [2.24, 2.45) is 0 Å². The second-order valence-corrected chi connectivity index (χ2v) is 3.78. The van der Waals surface area contributed by atoms with Gasteiger partial charge in [0, 0.05) is 0 Å². The van der Waals surface area contributed by atoms with E-state index in [1.165, 1.54) is 45.6 Å². The smallest absolute Gasteiger partial charge is 0.336 e. The van der Waals surface area contributed by atoms with Crippen LogP contribution in [0.3, 0.4) is 0 Å². The zero-order chi connectivity index (χ0) is 15.1. The average Bonchev–Trinajstić information content (AvgIpc) is 2.45. The number of rotatable bonds is 6. The van der Waals surface area contributed by atoms with Gasteiger partial charge < -0.3 is 19.3 Å². The van der Waals surface area contributed by atoms with Gasteiger partial charge in [-0.05, 0) is 17.7 Å². The fourth-order valence-electron chi connectivity index (χ4n) is 1.58. The number of ether oxygens (including phenoxy) is 3. The van der Waals surface area contributed by atoms with Crippen molar-refractivity contribution >= 4 is 18.0 Å². The first-order chi connectivity index (χ1) is 9.53. The van der Waals surface area contributed by atoms with E-state index in [2.05, 4.69) is 4.74 Å². The van der Waals surface area contributed by atoms with Gasteiger partial charge in [-0.1, -0.05) is 12.2 Å². The lowest BCUT2D eigenvalue weighted by Crippen LogP contribution is -2.02. The summed E-state index contributed by atoms with van der Waals surface area (Å²) < 4.78 is 14.7. The van der Waals surface area contributed by atoms with Gasteiger partial charge in [-0.25, -0.2) is 4.79 Å². The van der Waals surface area contributed by atoms with Gasteiger partial charge in [0.25, 0.3) is 0 Å². The van der Waals surface area contributed by atoms with E-state index in [1.54, 1.807) is 0 Å². The standard InChI is InChI=1S/C14H16O6/c1-18-11-7-9(5-4-6-13(15)20-3)10(14(16)17)8-12(11)19-2/h4-5,7-8H,6H2,1-3H3,(H,16,17). The molecule has 20 heavy (non-hydrogen) atoms. The Morgan fingerprint density at radius 3 is 2.25 bits per heavy atom. The predicted octanol–water partition coefficient (Wildman–Crippen LogP) is 1.98. The second-order valence-electron chi connectivity index (χ2n) is 3.78. The molecule has 0 amide bonds. The van der Waals surface area contributed by atoms with E-state index < -0.39 is 11.9 Å². The van der Waals surface area contributed by atoms with E-state index in [0.717, 1.165) is 0 Å². The van der Waals surface area contributed by atoms with Crippen LogP contribution in [0, 0.1) is 0 Å². The van der Waals surface area contributed by atoms with Crippen molar-refractivity contribution in [1.29, 1.82) is 0 Å². The predicted molar refractivity (Wildman–Crippen MR) is 72.2 cm³/mol. The average molecular weight is 280 g/mol. The first-order valence-electron chi connectivity index (χ1n) is 5.76. The third kappa shape index (κ3) is 3.74. The quantitative estimate of drug-likeness (QED) is 0.802. The zero-order valence-electron chi connectivity index (χ0n) is 11.5. The molecule has 0 heterocycles. The minimum absolute atomic E-state index is 0.0590. The lowest BCUT2D eigenvalue weighted by molar-refractivity contribution is -0.139. The van der Waals surface area contributed by atoms with Crippen molar-refractivity contribution < 1.29 is 28.9 Å². The molecule has 0 bridgehead atoms. The van der Waals surface area contributed by atoms with Crippen LogP contribution in [0.4, 0.5) is 0 Å². The molecule has 1 rings (SSSR count). The maximum Gasteiger partial charge on any atom is 0.336 e. The number of methoxy groups -OCH3 is 3. The topological polar surface area (TPSA) is 82.1 Å². The monoisotopic (exact) mass is 280 g/mol. The van der Waals surface area contributed by atoms with Crippen LogP contribution in [0.2, 0.25) is 0 Å². The Labute approximate surface area is 116 Å². The van der Waals surface area contributed by atoms with Gasteiger partial charge in [0.15, 0.2) is 11.5 Å². The Bertz CT molecular complexity index is 533. The molecule has 0 fully saturated rings. The van der Waals surface area contributed by atoms with Crippen LogP contribution < -0.4 is 9.47 Å². The number of benzene rings is 1. The van der Waals surface area contributed by atoms with Gasteiger partial charge in [0.05, 0.1) is 33.3 Å². The molecular formula is C14H16O6. The molecule has 6 nitrogen and oxygen atoms in total. The van der Waals surface area contributed by atoms with E-state index in [0.29, 0.717) is 17.1 Å². The number of carbonyl (C=O) groups is 2. The fourth-order valence-corrected chi connectivity index (χ4v) is 1.58. The number of esters is 1. The van der Waals surface area contributed by atoms with E-state index in [-0.39, 0.29) is 12.0 Å². The van der Waals surface area contributed by atoms with Crippen molar-refractivity contribution in [2.45, 2.75) is 6.42 Å². The van der Waals surface area contributed by atoms with E-state index in [4.69, 9.17) is 9.47 Å². The molecule has 0 aliphatic heterocycles. The van der Waals surface area contributed by atoms with Crippen molar-refractivity contribution in [3.8, 4) is 11.5 Å². The molecule has 0 unspecified atom stereocenters. The Hall–Kier alpha value is -2.50. The van der Waals surface area contributed by atoms with Gasteiger partial charge in [-0.3, -0.25) is 4.79 Å². The molecule has 108 valence electrons. The van der Waals surface area contributed by atoms with Crippen LogP contribution in [0.1, 0.15) is 22.3 Å². The molecule has 0 spiro atoms. The summed E-state index contributed by atoms with van der Waals surface area (Å²) in [5.41, 5.74) is 0.475. The molecule has 0 aliphatic rings. The largest absolute Gasteiger partial charge is 0.493 e. The summed E-state index contributed by atoms with van der Waals surface area (Å²) in [4.78, 5) is 22.2. The Morgan fingerprint density at radius 2 is 1.75 bits per heavy atom. The molecule has 1 aromatic rings. The number of aromatic carboxylic acids is 1. The lowest BCUT2D eigenvalue weighted by Gasteiger charge is -2.10. The number of hydrogen-bond acceptors (Lipinski definition) is 5. The molecule has 1 aromatic carbocycles. The summed E-state index contributed by atoms with van der Waals surface area (Å²) in [6, 6.07) is 2.91. The zero-order valence-corrected chi connectivity index (χ0v) is 11.5. The number of carboxylic acids is 1. The summed E-state index contributed by atoms with van der Waals surface area (Å²) in [6.07, 6.45) is 3.12. The second kappa shape index (κ2) is 7.18. The maximum absolute atomic E-state index is 11.2. The summed E-state index contributed by atoms with van der Waals surface area (Å²) >= 11 is 0. The van der Waals surface area contributed by atoms with Crippen molar-refractivity contribution in [3.63, 3.8) is 0 Å². The highest BCUT2D eigenvalue weighted by Gasteiger charge is 2.14. The van der Waals surface area contributed by atoms with Gasteiger partial charge in [0.2, 0.25) is 0 Å². The summed E-state index contributed by atoms with van der Waals surface area (Å²) in [5, 5.41) is 9.18. The molecule has 0 saturated carbocycles. The SMILES string of the molecule is COC(=O)CC=Cc1cc(OC)c(OC)cc1C(=O)O. The minimum atomic E-state index is -1.09. The van der Waals surface area contributed by atoms with Crippen molar-refractivity contribution in [2.75, 3.05) is 21.3 Å². The number of carboxylic acid groups (broad SMARTS) is 1. The normalized spacial score (nSPS) is 10.3. The molecular weight excluding hydrogens is 264 g/mol. The van der Waals surface area contributed by atoms with Gasteiger partial charge in [-0.2, -0.15) is 0 Å². The first-order valence-corrected chi connectivity index (χ1v) is 5.76. The Kier molecular flexibility index (Phi) is 5.58. The molecule has 0 aromatic heterocycles. The van der Waals surface area contributed by atoms with Crippen LogP contribution in [-0.2, 0) is 9.53 Å².